The topological polar surface area (TPSA) is 116 Å². The highest BCUT2D eigenvalue weighted by Crippen LogP contribution is 2.46. The molecule has 0 radical (unpaired) electrons. The van der Waals surface area contributed by atoms with Gasteiger partial charge in [-0.05, 0) is 146 Å². The van der Waals surface area contributed by atoms with Crippen molar-refractivity contribution in [1.29, 1.82) is 0 Å². The molecule has 7 rings (SSSR count). The Morgan fingerprint density at radius 3 is 1.77 bits per heavy atom. The van der Waals surface area contributed by atoms with Crippen molar-refractivity contribution in [3.8, 4) is 5.75 Å². The highest BCUT2D eigenvalue weighted by molar-refractivity contribution is 6.26. The van der Waals surface area contributed by atoms with Crippen LogP contribution < -0.4 is 21.1 Å². The number of carbonyl (C=O) groups excluding carboxylic acids is 3. The van der Waals surface area contributed by atoms with Crippen molar-refractivity contribution in [3.63, 3.8) is 0 Å². The van der Waals surface area contributed by atoms with Gasteiger partial charge in [0.25, 0.3) is 0 Å². The fourth-order valence-electron chi connectivity index (χ4n) is 8.81. The second-order valence-corrected chi connectivity index (χ2v) is 15.4. The van der Waals surface area contributed by atoms with Crippen LogP contribution >= 0.6 is 0 Å². The summed E-state index contributed by atoms with van der Waals surface area (Å²) in [5.41, 5.74) is 16.3. The molecule has 0 spiro atoms. The summed E-state index contributed by atoms with van der Waals surface area (Å²) in [4.78, 5) is 42.1. The zero-order chi connectivity index (χ0) is 36.4. The number of ether oxygens (including phenoxy) is 1. The van der Waals surface area contributed by atoms with Crippen molar-refractivity contribution < 1.29 is 19.1 Å². The Morgan fingerprint density at radius 1 is 0.712 bits per heavy atom. The van der Waals surface area contributed by atoms with Gasteiger partial charge in [-0.1, -0.05) is 68.3 Å². The van der Waals surface area contributed by atoms with Crippen LogP contribution in [-0.4, -0.2) is 17.8 Å². The Labute approximate surface area is 307 Å². The van der Waals surface area contributed by atoms with Crippen molar-refractivity contribution in [1.82, 2.24) is 0 Å². The first-order valence-electron chi connectivity index (χ1n) is 18.8. The van der Waals surface area contributed by atoms with Crippen LogP contribution in [0.25, 0.3) is 6.08 Å². The predicted octanol–water partition coefficient (Wildman–Crippen LogP) is 9.21. The van der Waals surface area contributed by atoms with Gasteiger partial charge in [-0.3, -0.25) is 9.59 Å². The largest absolute Gasteiger partial charge is 0.423 e. The highest BCUT2D eigenvalue weighted by atomic mass is 16.5. The number of nitrogen functional groups attached to an aromatic ring is 2. The minimum atomic E-state index is -1.24. The number of nitrogens with zero attached hydrogens (tertiary/aromatic N) is 1. The molecule has 3 fully saturated rings. The van der Waals surface area contributed by atoms with Gasteiger partial charge in [0.2, 0.25) is 11.8 Å². The summed E-state index contributed by atoms with van der Waals surface area (Å²) in [7, 11) is 0. The number of nitrogens with two attached hydrogens (primary N) is 2. The number of imide groups is 1. The molecule has 2 saturated carbocycles. The third-order valence-electron chi connectivity index (χ3n) is 12.0. The minimum absolute atomic E-state index is 0.0532. The van der Waals surface area contributed by atoms with E-state index in [1.807, 2.05) is 6.08 Å². The van der Waals surface area contributed by atoms with E-state index in [2.05, 4.69) is 31.2 Å². The third-order valence-corrected chi connectivity index (χ3v) is 12.0. The van der Waals surface area contributed by atoms with Gasteiger partial charge >= 0.3 is 5.97 Å². The number of hydrogen-bond donors (Lipinski definition) is 2. The van der Waals surface area contributed by atoms with Crippen LogP contribution in [0.2, 0.25) is 0 Å². The standard InChI is InChI=1S/C45H49N3O4/c1-29-3-7-32(8-4-29)34-11-13-35(14-12-34)33-9-5-31(6-10-33)27-30(2)43(50)52-41-25-23-40(24-26-41)48-42(49)28-45(44(48)51,36-15-19-38(46)20-16-36)37-17-21-39(47)22-18-37/h5-6,9-10,15-27,29,32,34-35H,3-4,7-8,11-14,28,46-47H2,1-2H3/b30-27+. The van der Waals surface area contributed by atoms with E-state index in [1.54, 1.807) is 79.7 Å². The molecule has 0 bridgehead atoms. The molecule has 4 aromatic carbocycles. The van der Waals surface area contributed by atoms with Crippen molar-refractivity contribution in [2.24, 2.45) is 17.8 Å². The Morgan fingerprint density at radius 2 is 1.23 bits per heavy atom. The maximum Gasteiger partial charge on any atom is 0.339 e. The third kappa shape index (κ3) is 7.14. The first kappa shape index (κ1) is 35.2. The zero-order valence-electron chi connectivity index (χ0n) is 30.2. The summed E-state index contributed by atoms with van der Waals surface area (Å²) in [5, 5.41) is 0. The van der Waals surface area contributed by atoms with E-state index in [0.717, 1.165) is 23.3 Å². The van der Waals surface area contributed by atoms with Gasteiger partial charge in [-0.15, -0.1) is 0 Å². The summed E-state index contributed by atoms with van der Waals surface area (Å²) >= 11 is 0. The van der Waals surface area contributed by atoms with E-state index in [-0.39, 0.29) is 18.2 Å². The second kappa shape index (κ2) is 14.8. The molecule has 0 aromatic heterocycles. The second-order valence-electron chi connectivity index (χ2n) is 15.4. The molecule has 2 amide bonds. The highest BCUT2D eigenvalue weighted by Gasteiger charge is 2.54. The number of hydrogen-bond acceptors (Lipinski definition) is 6. The molecular weight excluding hydrogens is 647 g/mol. The Bertz CT molecular complexity index is 1890. The van der Waals surface area contributed by atoms with E-state index in [0.29, 0.717) is 45.4 Å². The van der Waals surface area contributed by atoms with E-state index < -0.39 is 11.4 Å². The molecule has 4 aromatic rings. The molecule has 4 N–H and O–H groups in total. The fourth-order valence-corrected chi connectivity index (χ4v) is 8.81. The van der Waals surface area contributed by atoms with Gasteiger partial charge in [-0.25, -0.2) is 9.69 Å². The molecule has 268 valence electrons. The molecule has 7 heteroatoms. The quantitative estimate of drug-likeness (QED) is 0.0624. The van der Waals surface area contributed by atoms with Crippen LogP contribution in [-0.2, 0) is 19.8 Å². The van der Waals surface area contributed by atoms with Crippen LogP contribution in [0, 0.1) is 17.8 Å². The number of carbonyl (C=O) groups is 3. The number of benzene rings is 4. The molecule has 1 aliphatic heterocycles. The lowest BCUT2D eigenvalue weighted by molar-refractivity contribution is -0.130. The summed E-state index contributed by atoms with van der Waals surface area (Å²) in [6, 6.07) is 29.1. The summed E-state index contributed by atoms with van der Waals surface area (Å²) in [6.07, 6.45) is 12.7. The van der Waals surface area contributed by atoms with Crippen LogP contribution in [0.4, 0.5) is 17.1 Å². The molecule has 7 nitrogen and oxygen atoms in total. The molecule has 0 atom stereocenters. The zero-order valence-corrected chi connectivity index (χ0v) is 30.2. The molecule has 1 saturated heterocycles. The van der Waals surface area contributed by atoms with Crippen molar-refractivity contribution in [3.05, 3.63) is 125 Å². The van der Waals surface area contributed by atoms with Crippen molar-refractivity contribution in [2.45, 2.75) is 83.0 Å². The van der Waals surface area contributed by atoms with Crippen molar-refractivity contribution >= 4 is 40.9 Å². The van der Waals surface area contributed by atoms with Crippen LogP contribution in [0.5, 0.6) is 5.75 Å². The van der Waals surface area contributed by atoms with Crippen LogP contribution in [0.15, 0.2) is 103 Å². The monoisotopic (exact) mass is 695 g/mol. The SMILES string of the molecule is C/C(=C\c1ccc(C2CCC(C3CCC(C)CC3)CC2)cc1)C(=O)Oc1ccc(N2C(=O)CC(c3ccc(N)cc3)(c3ccc(N)cc3)C2=O)cc1. The Balaban J connectivity index is 0.988. The number of rotatable bonds is 8. The summed E-state index contributed by atoms with van der Waals surface area (Å²) in [6.45, 7) is 4.14. The number of anilines is 3. The van der Waals surface area contributed by atoms with E-state index in [9.17, 15) is 14.4 Å². The maximum atomic E-state index is 14.3. The maximum absolute atomic E-state index is 14.3. The lowest BCUT2D eigenvalue weighted by Gasteiger charge is -2.37. The molecule has 52 heavy (non-hydrogen) atoms. The van der Waals surface area contributed by atoms with Gasteiger partial charge in [0, 0.05) is 16.9 Å². The average molecular weight is 696 g/mol. The smallest absolute Gasteiger partial charge is 0.339 e. The lowest BCUT2D eigenvalue weighted by Crippen LogP contribution is -2.39. The van der Waals surface area contributed by atoms with Gasteiger partial charge in [0.1, 0.15) is 11.2 Å². The summed E-state index contributed by atoms with van der Waals surface area (Å²) < 4.78 is 5.69. The van der Waals surface area contributed by atoms with Crippen LogP contribution in [0.3, 0.4) is 0 Å². The first-order chi connectivity index (χ1) is 25.1. The fraction of sp³-hybridized carbons (Fsp3) is 0.356. The van der Waals surface area contributed by atoms with E-state index in [4.69, 9.17) is 16.2 Å². The van der Waals surface area contributed by atoms with E-state index in [1.165, 1.54) is 61.8 Å². The molecule has 3 aliphatic rings. The van der Waals surface area contributed by atoms with Crippen LogP contribution in [0.1, 0.15) is 99.8 Å². The molecule has 1 heterocycles. The Kier molecular flexibility index (Phi) is 10.0. The molecule has 0 unspecified atom stereocenters. The molecule has 2 aliphatic carbocycles. The van der Waals surface area contributed by atoms with Gasteiger partial charge < -0.3 is 16.2 Å². The van der Waals surface area contributed by atoms with Crippen molar-refractivity contribution in [2.75, 3.05) is 16.4 Å². The minimum Gasteiger partial charge on any atom is -0.423 e. The first-order valence-corrected chi connectivity index (χ1v) is 18.8. The normalized spacial score (nSPS) is 23.4. The van der Waals surface area contributed by atoms with Gasteiger partial charge in [0.05, 0.1) is 12.1 Å². The average Bonchev–Trinajstić information content (AvgIpc) is 3.43. The number of amides is 2. The van der Waals surface area contributed by atoms with Gasteiger partial charge in [-0.2, -0.15) is 0 Å². The number of esters is 1. The predicted molar refractivity (Wildman–Crippen MR) is 208 cm³/mol. The van der Waals surface area contributed by atoms with Gasteiger partial charge in [0.15, 0.2) is 0 Å². The Hall–Kier alpha value is -5.17. The lowest BCUT2D eigenvalue weighted by atomic mass is 9.68. The summed E-state index contributed by atoms with van der Waals surface area (Å²) in [5.74, 6) is 2.50. The molecular formula is C45H49N3O4. The van der Waals surface area contributed by atoms with E-state index >= 15 is 0 Å².